The van der Waals surface area contributed by atoms with Gasteiger partial charge in [0.1, 0.15) is 24.1 Å². The van der Waals surface area contributed by atoms with Crippen molar-refractivity contribution in [2.24, 2.45) is 10.8 Å². The largest absolute Gasteiger partial charge is 0.489 e. The Morgan fingerprint density at radius 2 is 1.85 bits per heavy atom. The van der Waals surface area contributed by atoms with Crippen LogP contribution in [0.4, 0.5) is 5.69 Å². The minimum atomic E-state index is -0.536. The molecule has 1 saturated carbocycles. The summed E-state index contributed by atoms with van der Waals surface area (Å²) in [5.74, 6) is 6.46. The van der Waals surface area contributed by atoms with Gasteiger partial charge in [0.05, 0.1) is 18.2 Å². The second-order valence-electron chi connectivity index (χ2n) is 12.8. The Hall–Kier alpha value is -3.52. The van der Waals surface area contributed by atoms with Gasteiger partial charge in [0.2, 0.25) is 5.69 Å². The van der Waals surface area contributed by atoms with Crippen LogP contribution in [0.25, 0.3) is 4.85 Å². The van der Waals surface area contributed by atoms with E-state index in [1.165, 1.54) is 0 Å². The number of rotatable bonds is 7. The predicted molar refractivity (Wildman–Crippen MR) is 158 cm³/mol. The summed E-state index contributed by atoms with van der Waals surface area (Å²) in [7, 11) is 0. The van der Waals surface area contributed by atoms with E-state index in [1.54, 1.807) is 18.2 Å². The van der Waals surface area contributed by atoms with Gasteiger partial charge in [-0.2, -0.15) is 0 Å². The van der Waals surface area contributed by atoms with E-state index in [0.717, 1.165) is 11.1 Å². The summed E-state index contributed by atoms with van der Waals surface area (Å²) in [6.07, 6.45) is 0.313. The summed E-state index contributed by atoms with van der Waals surface area (Å²) in [5, 5.41) is 0.362. The number of carbonyl (C=O) groups excluding carboxylic acids is 2. The predicted octanol–water partition coefficient (Wildman–Crippen LogP) is 6.83. The van der Waals surface area contributed by atoms with Gasteiger partial charge in [0.25, 0.3) is 5.91 Å². The molecule has 2 aromatic rings. The fraction of sp³-hybridized carbons (Fsp3) is 0.485. The van der Waals surface area contributed by atoms with E-state index in [0.29, 0.717) is 41.6 Å². The van der Waals surface area contributed by atoms with Crippen molar-refractivity contribution in [2.45, 2.75) is 79.2 Å². The molecular formula is C33H37ClN2O5. The van der Waals surface area contributed by atoms with Gasteiger partial charge in [-0.05, 0) is 56.7 Å². The molecule has 7 nitrogen and oxygen atoms in total. The lowest BCUT2D eigenvalue weighted by atomic mass is 9.49. The van der Waals surface area contributed by atoms with Crippen LogP contribution in [0, 0.1) is 29.2 Å². The zero-order chi connectivity index (χ0) is 30.2. The SMILES string of the molecule is [C-]#[N+]c1ccc(OC2C(C)(C)C(N3Cc4cc(C#CCCOCC(=O)OC(C)(C)C)ccc4C3=O)C2(C)C)cc1Cl. The molecule has 0 N–H and O–H groups in total. The first-order valence-corrected chi connectivity index (χ1v) is 14.1. The average Bonchev–Trinajstić information content (AvgIpc) is 3.17. The number of hydrogen-bond acceptors (Lipinski definition) is 5. The molecule has 1 fully saturated rings. The Labute approximate surface area is 247 Å². The molecular weight excluding hydrogens is 540 g/mol. The van der Waals surface area contributed by atoms with E-state index in [-0.39, 0.29) is 35.5 Å². The molecule has 0 atom stereocenters. The molecule has 4 rings (SSSR count). The molecule has 1 heterocycles. The molecule has 1 aliphatic carbocycles. The number of nitrogens with zero attached hydrogens (tertiary/aromatic N) is 2. The zero-order valence-corrected chi connectivity index (χ0v) is 25.5. The van der Waals surface area contributed by atoms with Crippen LogP contribution in [-0.4, -0.2) is 47.7 Å². The number of fused-ring (bicyclic) bond motifs is 1. The minimum absolute atomic E-state index is 0.0177. The highest BCUT2D eigenvalue weighted by molar-refractivity contribution is 6.33. The third kappa shape index (κ3) is 6.38. The third-order valence-corrected chi connectivity index (χ3v) is 7.85. The van der Waals surface area contributed by atoms with Crippen LogP contribution < -0.4 is 4.74 Å². The molecule has 216 valence electrons. The molecule has 0 radical (unpaired) electrons. The van der Waals surface area contributed by atoms with E-state index in [9.17, 15) is 9.59 Å². The summed E-state index contributed by atoms with van der Waals surface area (Å²) in [5.41, 5.74) is 1.70. The van der Waals surface area contributed by atoms with Crippen molar-refractivity contribution in [3.05, 3.63) is 69.5 Å². The van der Waals surface area contributed by atoms with E-state index >= 15 is 0 Å². The number of amides is 1. The third-order valence-electron chi connectivity index (χ3n) is 7.55. The van der Waals surface area contributed by atoms with Crippen molar-refractivity contribution >= 4 is 29.2 Å². The number of ether oxygens (including phenoxy) is 3. The lowest BCUT2D eigenvalue weighted by Crippen LogP contribution is -2.74. The van der Waals surface area contributed by atoms with Crippen molar-refractivity contribution in [3.63, 3.8) is 0 Å². The summed E-state index contributed by atoms with van der Waals surface area (Å²) in [4.78, 5) is 30.6. The van der Waals surface area contributed by atoms with Crippen LogP contribution in [0.15, 0.2) is 36.4 Å². The highest BCUT2D eigenvalue weighted by atomic mass is 35.5. The molecule has 1 amide bonds. The first kappa shape index (κ1) is 30.4. The summed E-state index contributed by atoms with van der Waals surface area (Å²) >= 11 is 6.24. The van der Waals surface area contributed by atoms with Crippen molar-refractivity contribution in [2.75, 3.05) is 13.2 Å². The topological polar surface area (TPSA) is 69.4 Å². The maximum Gasteiger partial charge on any atom is 0.332 e. The molecule has 41 heavy (non-hydrogen) atoms. The Morgan fingerprint density at radius 1 is 1.15 bits per heavy atom. The maximum atomic E-state index is 13.5. The van der Waals surface area contributed by atoms with Crippen LogP contribution in [0.2, 0.25) is 5.02 Å². The fourth-order valence-electron chi connectivity index (χ4n) is 6.45. The molecule has 0 aromatic heterocycles. The lowest BCUT2D eigenvalue weighted by Gasteiger charge is -2.65. The summed E-state index contributed by atoms with van der Waals surface area (Å²) < 4.78 is 17.0. The van der Waals surface area contributed by atoms with Gasteiger partial charge in [-0.25, -0.2) is 9.64 Å². The van der Waals surface area contributed by atoms with Gasteiger partial charge in [-0.3, -0.25) is 4.79 Å². The molecule has 0 unspecified atom stereocenters. The Bertz CT molecular complexity index is 1440. The Morgan fingerprint density at radius 3 is 2.49 bits per heavy atom. The molecule has 2 aliphatic rings. The van der Waals surface area contributed by atoms with E-state index < -0.39 is 11.6 Å². The summed E-state index contributed by atoms with van der Waals surface area (Å²) in [6, 6.07) is 10.8. The fourth-order valence-corrected chi connectivity index (χ4v) is 6.66. The van der Waals surface area contributed by atoms with Gasteiger partial charge < -0.3 is 19.1 Å². The number of hydrogen-bond donors (Lipinski definition) is 0. The van der Waals surface area contributed by atoms with Crippen LogP contribution in [0.1, 0.15) is 76.4 Å². The first-order valence-electron chi connectivity index (χ1n) is 13.7. The molecule has 0 spiro atoms. The van der Waals surface area contributed by atoms with Crippen LogP contribution in [0.5, 0.6) is 5.75 Å². The Balaban J connectivity index is 1.38. The van der Waals surface area contributed by atoms with Crippen molar-refractivity contribution in [1.29, 1.82) is 0 Å². The van der Waals surface area contributed by atoms with Crippen molar-refractivity contribution in [3.8, 4) is 17.6 Å². The smallest absolute Gasteiger partial charge is 0.332 e. The van der Waals surface area contributed by atoms with E-state index in [2.05, 4.69) is 44.4 Å². The molecule has 2 aromatic carbocycles. The molecule has 0 saturated heterocycles. The molecule has 0 bridgehead atoms. The number of benzene rings is 2. The van der Waals surface area contributed by atoms with Gasteiger partial charge in [0.15, 0.2) is 0 Å². The normalized spacial score (nSPS) is 20.3. The van der Waals surface area contributed by atoms with Gasteiger partial charge >= 0.3 is 5.97 Å². The maximum absolute atomic E-state index is 13.5. The molecule has 1 aliphatic heterocycles. The molecule has 8 heteroatoms. The lowest BCUT2D eigenvalue weighted by molar-refractivity contribution is -0.199. The van der Waals surface area contributed by atoms with Crippen LogP contribution in [0.3, 0.4) is 0 Å². The highest BCUT2D eigenvalue weighted by Crippen LogP contribution is 2.59. The highest BCUT2D eigenvalue weighted by Gasteiger charge is 2.66. The summed E-state index contributed by atoms with van der Waals surface area (Å²) in [6.45, 7) is 21.9. The number of carbonyl (C=O) groups is 2. The standard InChI is InChI=1S/C33H37ClN2O5/c1-31(2,3)41-27(37)20-39-16-10-9-11-21-12-14-24-22(17-21)19-36(28(24)38)29-32(4,5)30(33(29,6)7)40-23-13-15-26(35-8)25(34)18-23/h12-15,17-18,29-30H,10,16,19-20H2,1-7H3. The van der Waals surface area contributed by atoms with E-state index in [1.807, 2.05) is 43.9 Å². The second kappa shape index (κ2) is 11.4. The van der Waals surface area contributed by atoms with Crippen LogP contribution in [-0.2, 0) is 20.8 Å². The minimum Gasteiger partial charge on any atom is -0.489 e. The first-order chi connectivity index (χ1) is 19.1. The van der Waals surface area contributed by atoms with Gasteiger partial charge in [0, 0.05) is 41.0 Å². The van der Waals surface area contributed by atoms with Crippen molar-refractivity contribution < 1.29 is 23.8 Å². The zero-order valence-electron chi connectivity index (χ0n) is 24.8. The van der Waals surface area contributed by atoms with Gasteiger partial charge in [-0.1, -0.05) is 57.2 Å². The van der Waals surface area contributed by atoms with Gasteiger partial charge in [-0.15, -0.1) is 0 Å². The second-order valence-corrected chi connectivity index (χ2v) is 13.2. The number of halogens is 1. The quantitative estimate of drug-likeness (QED) is 0.156. The van der Waals surface area contributed by atoms with Crippen LogP contribution >= 0.6 is 11.6 Å². The average molecular weight is 577 g/mol. The van der Waals surface area contributed by atoms with E-state index in [4.69, 9.17) is 32.4 Å². The Kier molecular flexibility index (Phi) is 8.46. The number of esters is 1. The van der Waals surface area contributed by atoms with Crippen molar-refractivity contribution in [1.82, 2.24) is 4.90 Å². The monoisotopic (exact) mass is 576 g/mol.